The first-order chi connectivity index (χ1) is 7.13. The number of halogens is 1. The van der Waals surface area contributed by atoms with Crippen LogP contribution in [-0.2, 0) is 5.67 Å². The van der Waals surface area contributed by atoms with Crippen molar-refractivity contribution in [2.24, 2.45) is 0 Å². The van der Waals surface area contributed by atoms with Crippen LogP contribution in [0.25, 0.3) is 0 Å². The van der Waals surface area contributed by atoms with Gasteiger partial charge in [0.05, 0.1) is 0 Å². The number of hydrogen-bond donors (Lipinski definition) is 0. The fraction of sp³-hybridized carbons (Fsp3) is 0.571. The lowest BCUT2D eigenvalue weighted by Crippen LogP contribution is -2.24. The lowest BCUT2D eigenvalue weighted by atomic mass is 9.79. The van der Waals surface area contributed by atoms with Gasteiger partial charge < -0.3 is 0 Å². The first-order valence-electron chi connectivity index (χ1n) is 5.89. The molecule has 2 rings (SSSR count). The van der Waals surface area contributed by atoms with E-state index in [0.29, 0.717) is 12.8 Å². The van der Waals surface area contributed by atoms with Crippen molar-refractivity contribution >= 4 is 0 Å². The molecule has 0 heterocycles. The summed E-state index contributed by atoms with van der Waals surface area (Å²) in [5.41, 5.74) is 2.23. The maximum absolute atomic E-state index is 14.7. The average molecular weight is 206 g/mol. The largest absolute Gasteiger partial charge is 0.239 e. The SMILES string of the molecule is Cc1cccc(C2(F)CCCCC2)c1C. The summed E-state index contributed by atoms with van der Waals surface area (Å²) >= 11 is 0. The van der Waals surface area contributed by atoms with Crippen molar-refractivity contribution in [1.29, 1.82) is 0 Å². The Labute approximate surface area is 91.5 Å². The highest BCUT2D eigenvalue weighted by molar-refractivity contribution is 5.37. The maximum Gasteiger partial charge on any atom is 0.136 e. The van der Waals surface area contributed by atoms with Gasteiger partial charge in [0.15, 0.2) is 0 Å². The van der Waals surface area contributed by atoms with E-state index in [-0.39, 0.29) is 0 Å². The Hall–Kier alpha value is -0.850. The Morgan fingerprint density at radius 2 is 1.73 bits per heavy atom. The molecule has 0 unspecified atom stereocenters. The van der Waals surface area contributed by atoms with Gasteiger partial charge in [-0.3, -0.25) is 0 Å². The van der Waals surface area contributed by atoms with E-state index in [2.05, 4.69) is 13.0 Å². The van der Waals surface area contributed by atoms with Gasteiger partial charge >= 0.3 is 0 Å². The molecule has 0 atom stereocenters. The number of alkyl halides is 1. The fourth-order valence-corrected chi connectivity index (χ4v) is 2.62. The predicted octanol–water partition coefficient (Wildman–Crippen LogP) is 4.43. The predicted molar refractivity (Wildman–Crippen MR) is 61.8 cm³/mol. The van der Waals surface area contributed by atoms with Crippen LogP contribution >= 0.6 is 0 Å². The van der Waals surface area contributed by atoms with Crippen LogP contribution in [0, 0.1) is 13.8 Å². The number of rotatable bonds is 1. The van der Waals surface area contributed by atoms with E-state index in [9.17, 15) is 4.39 Å². The highest BCUT2D eigenvalue weighted by Gasteiger charge is 2.34. The lowest BCUT2D eigenvalue weighted by Gasteiger charge is -2.31. The van der Waals surface area contributed by atoms with Crippen molar-refractivity contribution in [2.45, 2.75) is 51.6 Å². The molecule has 0 nitrogen and oxygen atoms in total. The van der Waals surface area contributed by atoms with Crippen LogP contribution < -0.4 is 0 Å². The number of hydrogen-bond acceptors (Lipinski definition) is 0. The molecule has 0 saturated heterocycles. The zero-order valence-corrected chi connectivity index (χ0v) is 9.65. The molecule has 1 aromatic rings. The topological polar surface area (TPSA) is 0 Å². The van der Waals surface area contributed by atoms with Crippen LogP contribution in [0.15, 0.2) is 18.2 Å². The lowest BCUT2D eigenvalue weighted by molar-refractivity contribution is 0.105. The molecule has 0 bridgehead atoms. The highest BCUT2D eigenvalue weighted by atomic mass is 19.1. The molecule has 1 aromatic carbocycles. The normalized spacial score (nSPS) is 20.2. The third-order valence-corrected chi connectivity index (χ3v) is 3.73. The van der Waals surface area contributed by atoms with Gasteiger partial charge in [0, 0.05) is 0 Å². The van der Waals surface area contributed by atoms with Gasteiger partial charge in [-0.05, 0) is 56.2 Å². The minimum atomic E-state index is -1.05. The first kappa shape index (κ1) is 10.7. The molecule has 0 N–H and O–H groups in total. The van der Waals surface area contributed by atoms with Gasteiger partial charge in [0.2, 0.25) is 0 Å². The second kappa shape index (κ2) is 3.96. The molecule has 0 aliphatic heterocycles. The molecular weight excluding hydrogens is 187 g/mol. The van der Waals surface area contributed by atoms with Crippen LogP contribution in [0.5, 0.6) is 0 Å². The molecule has 1 heteroatoms. The molecule has 0 amide bonds. The molecule has 1 saturated carbocycles. The minimum absolute atomic E-state index is 0.706. The standard InChI is InChI=1S/C14H19F/c1-11-7-6-8-13(12(11)2)14(15)9-4-3-5-10-14/h6-8H,3-5,9-10H2,1-2H3. The fourth-order valence-electron chi connectivity index (χ4n) is 2.62. The first-order valence-corrected chi connectivity index (χ1v) is 5.89. The van der Waals surface area contributed by atoms with E-state index in [1.165, 1.54) is 12.0 Å². The summed E-state index contributed by atoms with van der Waals surface area (Å²) < 4.78 is 14.7. The van der Waals surface area contributed by atoms with E-state index >= 15 is 0 Å². The van der Waals surface area contributed by atoms with Crippen molar-refractivity contribution in [3.05, 3.63) is 34.9 Å². The molecule has 1 fully saturated rings. The Kier molecular flexibility index (Phi) is 2.81. The van der Waals surface area contributed by atoms with E-state index in [0.717, 1.165) is 24.0 Å². The van der Waals surface area contributed by atoms with Gasteiger partial charge in [-0.25, -0.2) is 4.39 Å². The molecule has 0 aromatic heterocycles. The van der Waals surface area contributed by atoms with Crippen LogP contribution in [0.2, 0.25) is 0 Å². The summed E-state index contributed by atoms with van der Waals surface area (Å²) in [7, 11) is 0. The van der Waals surface area contributed by atoms with Crippen LogP contribution in [-0.4, -0.2) is 0 Å². The minimum Gasteiger partial charge on any atom is -0.239 e. The van der Waals surface area contributed by atoms with Crippen LogP contribution in [0.3, 0.4) is 0 Å². The Bertz CT molecular complexity index is 348. The van der Waals surface area contributed by atoms with E-state index in [4.69, 9.17) is 0 Å². The maximum atomic E-state index is 14.7. The summed E-state index contributed by atoms with van der Waals surface area (Å²) in [6.45, 7) is 4.10. The number of aryl methyl sites for hydroxylation is 1. The smallest absolute Gasteiger partial charge is 0.136 e. The molecule has 0 spiro atoms. The molecule has 82 valence electrons. The van der Waals surface area contributed by atoms with Gasteiger partial charge in [-0.15, -0.1) is 0 Å². The summed E-state index contributed by atoms with van der Waals surface area (Å²) in [5, 5.41) is 0. The summed E-state index contributed by atoms with van der Waals surface area (Å²) in [6.07, 6.45) is 4.67. The second-order valence-electron chi connectivity index (χ2n) is 4.77. The number of benzene rings is 1. The van der Waals surface area contributed by atoms with Crippen LogP contribution in [0.4, 0.5) is 4.39 Å². The van der Waals surface area contributed by atoms with Gasteiger partial charge in [-0.1, -0.05) is 24.6 Å². The van der Waals surface area contributed by atoms with Crippen molar-refractivity contribution in [1.82, 2.24) is 0 Å². The summed E-state index contributed by atoms with van der Waals surface area (Å²) in [6, 6.07) is 6.01. The highest BCUT2D eigenvalue weighted by Crippen LogP contribution is 2.42. The average Bonchev–Trinajstić information content (AvgIpc) is 2.23. The van der Waals surface area contributed by atoms with Crippen molar-refractivity contribution in [3.8, 4) is 0 Å². The van der Waals surface area contributed by atoms with Crippen LogP contribution in [0.1, 0.15) is 48.8 Å². The summed E-state index contributed by atoms with van der Waals surface area (Å²) in [5.74, 6) is 0. The molecule has 15 heavy (non-hydrogen) atoms. The second-order valence-corrected chi connectivity index (χ2v) is 4.77. The van der Waals surface area contributed by atoms with E-state index in [1.807, 2.05) is 19.1 Å². The van der Waals surface area contributed by atoms with Crippen molar-refractivity contribution < 1.29 is 4.39 Å². The molecule has 0 radical (unpaired) electrons. The van der Waals surface area contributed by atoms with Gasteiger partial charge in [-0.2, -0.15) is 0 Å². The Morgan fingerprint density at radius 1 is 1.07 bits per heavy atom. The zero-order chi connectivity index (χ0) is 10.9. The van der Waals surface area contributed by atoms with Crippen molar-refractivity contribution in [3.63, 3.8) is 0 Å². The molecule has 1 aliphatic carbocycles. The molecule has 1 aliphatic rings. The molecular formula is C14H19F. The quantitative estimate of drug-likeness (QED) is 0.637. The monoisotopic (exact) mass is 206 g/mol. The van der Waals surface area contributed by atoms with Crippen molar-refractivity contribution in [2.75, 3.05) is 0 Å². The Morgan fingerprint density at radius 3 is 2.40 bits per heavy atom. The Balaban J connectivity index is 2.39. The third-order valence-electron chi connectivity index (χ3n) is 3.73. The third kappa shape index (κ3) is 1.92. The zero-order valence-electron chi connectivity index (χ0n) is 9.65. The van der Waals surface area contributed by atoms with Gasteiger partial charge in [0.25, 0.3) is 0 Å². The summed E-state index contributed by atoms with van der Waals surface area (Å²) in [4.78, 5) is 0. The van der Waals surface area contributed by atoms with E-state index < -0.39 is 5.67 Å². The van der Waals surface area contributed by atoms with Gasteiger partial charge in [0.1, 0.15) is 5.67 Å². The van der Waals surface area contributed by atoms with E-state index in [1.54, 1.807) is 0 Å².